The van der Waals surface area contributed by atoms with E-state index in [1.165, 1.54) is 0 Å². The zero-order valence-corrected chi connectivity index (χ0v) is 15.3. The maximum atomic E-state index is 12.5. The number of rotatable bonds is 6. The molecule has 1 heterocycles. The van der Waals surface area contributed by atoms with Gasteiger partial charge in [0.2, 0.25) is 11.8 Å². The average molecular weight is 373 g/mol. The van der Waals surface area contributed by atoms with E-state index < -0.39 is 0 Å². The molecule has 2 amide bonds. The van der Waals surface area contributed by atoms with Gasteiger partial charge >= 0.3 is 0 Å². The van der Waals surface area contributed by atoms with Crippen molar-refractivity contribution in [3.8, 4) is 5.75 Å². The molecule has 0 bridgehead atoms. The number of hydrogen-bond acceptors (Lipinski definition) is 3. The zero-order valence-electron chi connectivity index (χ0n) is 14.6. The SMILES string of the molecule is COc1ccccc1NC(=O)C1CC(=O)N(CCc2cccc(Cl)c2)C1. The van der Waals surface area contributed by atoms with Gasteiger partial charge in [0.25, 0.3) is 0 Å². The lowest BCUT2D eigenvalue weighted by Crippen LogP contribution is -2.30. The number of carbonyl (C=O) groups excluding carboxylic acids is 2. The predicted molar refractivity (Wildman–Crippen MR) is 101 cm³/mol. The van der Waals surface area contributed by atoms with Gasteiger partial charge in [-0.2, -0.15) is 0 Å². The molecule has 1 saturated heterocycles. The second kappa shape index (κ2) is 8.23. The lowest BCUT2D eigenvalue weighted by atomic mass is 10.1. The molecular formula is C20H21ClN2O3. The molecule has 0 saturated carbocycles. The van der Waals surface area contributed by atoms with Crippen LogP contribution in [-0.2, 0) is 16.0 Å². The molecule has 1 aliphatic rings. The number of carbonyl (C=O) groups is 2. The fourth-order valence-corrected chi connectivity index (χ4v) is 3.32. The molecule has 6 heteroatoms. The summed E-state index contributed by atoms with van der Waals surface area (Å²) in [6.45, 7) is 1.01. The summed E-state index contributed by atoms with van der Waals surface area (Å²) < 4.78 is 5.25. The Morgan fingerprint density at radius 1 is 1.27 bits per heavy atom. The molecule has 0 spiro atoms. The highest BCUT2D eigenvalue weighted by atomic mass is 35.5. The third-order valence-electron chi connectivity index (χ3n) is 4.51. The van der Waals surface area contributed by atoms with E-state index in [0.29, 0.717) is 36.0 Å². The highest BCUT2D eigenvalue weighted by Gasteiger charge is 2.34. The molecule has 1 aliphatic heterocycles. The summed E-state index contributed by atoms with van der Waals surface area (Å²) in [5.74, 6) is 0.0927. The standard InChI is InChI=1S/C20H21ClN2O3/c1-26-18-8-3-2-7-17(18)22-20(25)15-12-19(24)23(13-15)10-9-14-5-4-6-16(21)11-14/h2-8,11,15H,9-10,12-13H2,1H3,(H,22,25). The van der Waals surface area contributed by atoms with Crippen LogP contribution in [0.3, 0.4) is 0 Å². The summed E-state index contributed by atoms with van der Waals surface area (Å²) in [5.41, 5.74) is 1.69. The van der Waals surface area contributed by atoms with Gasteiger partial charge in [0, 0.05) is 24.5 Å². The number of likely N-dealkylation sites (tertiary alicyclic amines) is 1. The molecular weight excluding hydrogens is 352 g/mol. The lowest BCUT2D eigenvalue weighted by Gasteiger charge is -2.17. The van der Waals surface area contributed by atoms with Gasteiger partial charge in [-0.15, -0.1) is 0 Å². The van der Waals surface area contributed by atoms with E-state index in [-0.39, 0.29) is 24.2 Å². The van der Waals surface area contributed by atoms with Crippen molar-refractivity contribution in [2.45, 2.75) is 12.8 Å². The van der Waals surface area contributed by atoms with E-state index in [4.69, 9.17) is 16.3 Å². The third-order valence-corrected chi connectivity index (χ3v) is 4.74. The average Bonchev–Trinajstić information content (AvgIpc) is 3.01. The largest absolute Gasteiger partial charge is 0.495 e. The Bertz CT molecular complexity index is 809. The highest BCUT2D eigenvalue weighted by molar-refractivity contribution is 6.30. The lowest BCUT2D eigenvalue weighted by molar-refractivity contribution is -0.128. The van der Waals surface area contributed by atoms with Crippen LogP contribution in [0.1, 0.15) is 12.0 Å². The monoisotopic (exact) mass is 372 g/mol. The minimum atomic E-state index is -0.355. The van der Waals surface area contributed by atoms with Crippen molar-refractivity contribution in [1.82, 2.24) is 4.90 Å². The molecule has 0 aliphatic carbocycles. The molecule has 136 valence electrons. The minimum Gasteiger partial charge on any atom is -0.495 e. The van der Waals surface area contributed by atoms with E-state index >= 15 is 0 Å². The molecule has 1 N–H and O–H groups in total. The van der Waals surface area contributed by atoms with E-state index in [1.54, 1.807) is 24.1 Å². The number of nitrogens with one attached hydrogen (secondary N) is 1. The van der Waals surface area contributed by atoms with Gasteiger partial charge in [-0.3, -0.25) is 9.59 Å². The second-order valence-corrected chi connectivity index (χ2v) is 6.75. The van der Waals surface area contributed by atoms with E-state index in [0.717, 1.165) is 5.56 Å². The van der Waals surface area contributed by atoms with Crippen molar-refractivity contribution in [3.05, 3.63) is 59.1 Å². The smallest absolute Gasteiger partial charge is 0.229 e. The Morgan fingerprint density at radius 3 is 2.85 bits per heavy atom. The fourth-order valence-electron chi connectivity index (χ4n) is 3.10. The first-order valence-electron chi connectivity index (χ1n) is 8.53. The van der Waals surface area contributed by atoms with Gasteiger partial charge in [0.15, 0.2) is 0 Å². The minimum absolute atomic E-state index is 0.00667. The highest BCUT2D eigenvalue weighted by Crippen LogP contribution is 2.26. The van der Waals surface area contributed by atoms with Crippen LogP contribution in [-0.4, -0.2) is 36.9 Å². The summed E-state index contributed by atoms with van der Waals surface area (Å²) >= 11 is 5.99. The quantitative estimate of drug-likeness (QED) is 0.845. The number of nitrogens with zero attached hydrogens (tertiary/aromatic N) is 1. The predicted octanol–water partition coefficient (Wildman–Crippen LogP) is 3.38. The maximum absolute atomic E-state index is 12.5. The first kappa shape index (κ1) is 18.3. The molecule has 0 radical (unpaired) electrons. The summed E-state index contributed by atoms with van der Waals surface area (Å²) in [6.07, 6.45) is 0.948. The van der Waals surface area contributed by atoms with Crippen molar-refractivity contribution in [2.75, 3.05) is 25.5 Å². The van der Waals surface area contributed by atoms with Crippen molar-refractivity contribution in [3.63, 3.8) is 0 Å². The summed E-state index contributed by atoms with van der Waals surface area (Å²) in [4.78, 5) is 26.5. The van der Waals surface area contributed by atoms with E-state index in [9.17, 15) is 9.59 Å². The van der Waals surface area contributed by atoms with Gasteiger partial charge in [-0.05, 0) is 36.2 Å². The van der Waals surface area contributed by atoms with Crippen molar-refractivity contribution < 1.29 is 14.3 Å². The van der Waals surface area contributed by atoms with E-state index in [2.05, 4.69) is 5.32 Å². The van der Waals surface area contributed by atoms with Gasteiger partial charge < -0.3 is 15.0 Å². The zero-order chi connectivity index (χ0) is 18.5. The molecule has 2 aromatic rings. The number of anilines is 1. The van der Waals surface area contributed by atoms with Gasteiger partial charge in [-0.25, -0.2) is 0 Å². The van der Waals surface area contributed by atoms with Crippen LogP contribution >= 0.6 is 11.6 Å². The summed E-state index contributed by atoms with van der Waals surface area (Å²) in [6, 6.07) is 14.8. The summed E-state index contributed by atoms with van der Waals surface area (Å²) in [7, 11) is 1.56. The van der Waals surface area contributed by atoms with Crippen molar-refractivity contribution in [2.24, 2.45) is 5.92 Å². The molecule has 5 nitrogen and oxygen atoms in total. The fraction of sp³-hybridized carbons (Fsp3) is 0.300. The number of para-hydroxylation sites is 2. The Balaban J connectivity index is 1.57. The number of methoxy groups -OCH3 is 1. The van der Waals surface area contributed by atoms with Gasteiger partial charge in [-0.1, -0.05) is 35.9 Å². The third kappa shape index (κ3) is 4.35. The molecule has 26 heavy (non-hydrogen) atoms. The molecule has 1 unspecified atom stereocenters. The van der Waals surface area contributed by atoms with Crippen LogP contribution in [0.2, 0.25) is 5.02 Å². The normalized spacial score (nSPS) is 16.6. The van der Waals surface area contributed by atoms with Crippen LogP contribution < -0.4 is 10.1 Å². The van der Waals surface area contributed by atoms with Crippen LogP contribution in [0.5, 0.6) is 5.75 Å². The first-order chi connectivity index (χ1) is 12.6. The second-order valence-electron chi connectivity index (χ2n) is 6.31. The Hall–Kier alpha value is -2.53. The Kier molecular flexibility index (Phi) is 5.78. The Labute approximate surface area is 157 Å². The number of amides is 2. The summed E-state index contributed by atoms with van der Waals surface area (Å²) in [5, 5.41) is 3.55. The number of hydrogen-bond donors (Lipinski definition) is 1. The maximum Gasteiger partial charge on any atom is 0.229 e. The molecule has 3 rings (SSSR count). The van der Waals surface area contributed by atoms with Crippen LogP contribution in [0, 0.1) is 5.92 Å². The number of benzene rings is 2. The van der Waals surface area contributed by atoms with Crippen molar-refractivity contribution in [1.29, 1.82) is 0 Å². The molecule has 0 aromatic heterocycles. The number of halogens is 1. The van der Waals surface area contributed by atoms with Crippen LogP contribution in [0.25, 0.3) is 0 Å². The topological polar surface area (TPSA) is 58.6 Å². The van der Waals surface area contributed by atoms with Crippen LogP contribution in [0.4, 0.5) is 5.69 Å². The van der Waals surface area contributed by atoms with Crippen molar-refractivity contribution >= 4 is 29.1 Å². The first-order valence-corrected chi connectivity index (χ1v) is 8.90. The van der Waals surface area contributed by atoms with Gasteiger partial charge in [0.05, 0.1) is 18.7 Å². The molecule has 2 aromatic carbocycles. The van der Waals surface area contributed by atoms with Gasteiger partial charge in [0.1, 0.15) is 5.75 Å². The molecule has 1 fully saturated rings. The molecule has 1 atom stereocenters. The Morgan fingerprint density at radius 2 is 2.08 bits per heavy atom. The number of ether oxygens (including phenoxy) is 1. The van der Waals surface area contributed by atoms with E-state index in [1.807, 2.05) is 36.4 Å². The van der Waals surface area contributed by atoms with Crippen LogP contribution in [0.15, 0.2) is 48.5 Å².